The summed E-state index contributed by atoms with van der Waals surface area (Å²) in [4.78, 5) is 29.9. The number of rotatable bonds is 6. The number of hydrogen-bond acceptors (Lipinski definition) is 5. The Kier molecular flexibility index (Phi) is 5.74. The van der Waals surface area contributed by atoms with Gasteiger partial charge in [0.2, 0.25) is 5.91 Å². The number of carbonyl (C=O) groups excluding carboxylic acids is 1. The van der Waals surface area contributed by atoms with Crippen LogP contribution in [0.25, 0.3) is 10.2 Å². The molecule has 0 N–H and O–H groups in total. The van der Waals surface area contributed by atoms with E-state index >= 15 is 0 Å². The maximum atomic E-state index is 13.2. The van der Waals surface area contributed by atoms with Gasteiger partial charge in [0.15, 0.2) is 5.13 Å². The van der Waals surface area contributed by atoms with Crippen molar-refractivity contribution in [3.63, 3.8) is 0 Å². The summed E-state index contributed by atoms with van der Waals surface area (Å²) in [5, 5.41) is 12.0. The highest BCUT2D eigenvalue weighted by Gasteiger charge is 2.21. The van der Waals surface area contributed by atoms with E-state index in [1.165, 1.54) is 23.5 Å². The third-order valence-electron chi connectivity index (χ3n) is 4.58. The number of hydrogen-bond donors (Lipinski definition) is 0. The van der Waals surface area contributed by atoms with Crippen molar-refractivity contribution >= 4 is 49.9 Å². The normalized spacial score (nSPS) is 10.8. The molecule has 4 aromatic rings. The Balaban J connectivity index is 1.66. The summed E-state index contributed by atoms with van der Waals surface area (Å²) in [6.45, 7) is 0.365. The Bertz CT molecular complexity index is 1210. The average Bonchev–Trinajstić information content (AvgIpc) is 3.18. The molecule has 0 bridgehead atoms. The molecule has 0 spiro atoms. The number of para-hydroxylation sites is 1. The number of nitrogens with zero attached hydrogens (tertiary/aromatic N) is 3. The lowest BCUT2D eigenvalue weighted by molar-refractivity contribution is -0.384. The third kappa shape index (κ3) is 4.32. The molecule has 4 rings (SSSR count). The molecule has 0 saturated carbocycles. The molecule has 0 saturated heterocycles. The van der Waals surface area contributed by atoms with Crippen LogP contribution in [-0.2, 0) is 17.8 Å². The van der Waals surface area contributed by atoms with Crippen LogP contribution in [0.4, 0.5) is 10.8 Å². The molecule has 30 heavy (non-hydrogen) atoms. The second kappa shape index (κ2) is 8.61. The lowest BCUT2D eigenvalue weighted by atomic mass is 10.1. The van der Waals surface area contributed by atoms with Crippen molar-refractivity contribution in [3.8, 4) is 0 Å². The van der Waals surface area contributed by atoms with Crippen LogP contribution in [0.2, 0.25) is 5.02 Å². The van der Waals surface area contributed by atoms with Gasteiger partial charge in [-0.15, -0.1) is 0 Å². The van der Waals surface area contributed by atoms with Crippen molar-refractivity contribution in [3.05, 3.63) is 99.1 Å². The van der Waals surface area contributed by atoms with Crippen LogP contribution >= 0.6 is 22.9 Å². The van der Waals surface area contributed by atoms with Gasteiger partial charge in [-0.05, 0) is 23.3 Å². The predicted octanol–water partition coefficient (Wildman–Crippen LogP) is 5.63. The molecular formula is C22H16ClN3O3S. The van der Waals surface area contributed by atoms with E-state index < -0.39 is 4.92 Å². The second-order valence-electron chi connectivity index (χ2n) is 6.65. The van der Waals surface area contributed by atoms with Crippen molar-refractivity contribution < 1.29 is 9.72 Å². The molecular weight excluding hydrogens is 422 g/mol. The molecule has 0 unspecified atom stereocenters. The Morgan fingerprint density at radius 3 is 2.40 bits per heavy atom. The van der Waals surface area contributed by atoms with Crippen molar-refractivity contribution in [2.45, 2.75) is 13.0 Å². The highest BCUT2D eigenvalue weighted by Crippen LogP contribution is 2.33. The number of anilines is 1. The number of halogens is 1. The van der Waals surface area contributed by atoms with E-state index in [0.29, 0.717) is 27.8 Å². The first kappa shape index (κ1) is 20.0. The summed E-state index contributed by atoms with van der Waals surface area (Å²) in [5.41, 5.74) is 2.33. The van der Waals surface area contributed by atoms with Crippen LogP contribution in [0.15, 0.2) is 72.8 Å². The van der Waals surface area contributed by atoms with Crippen molar-refractivity contribution in [1.29, 1.82) is 0 Å². The molecule has 0 aliphatic heterocycles. The van der Waals surface area contributed by atoms with Gasteiger partial charge in [-0.1, -0.05) is 71.5 Å². The number of non-ortho nitro benzene ring substituents is 1. The number of thiazole rings is 1. The zero-order valence-electron chi connectivity index (χ0n) is 15.7. The minimum atomic E-state index is -0.460. The molecule has 0 radical (unpaired) electrons. The maximum absolute atomic E-state index is 13.2. The van der Waals surface area contributed by atoms with Crippen LogP contribution in [0.5, 0.6) is 0 Å². The largest absolute Gasteiger partial charge is 0.283 e. The van der Waals surface area contributed by atoms with Crippen LogP contribution in [0.3, 0.4) is 0 Å². The van der Waals surface area contributed by atoms with Gasteiger partial charge in [0.05, 0.1) is 27.6 Å². The monoisotopic (exact) mass is 437 g/mol. The molecule has 6 nitrogen and oxygen atoms in total. The summed E-state index contributed by atoms with van der Waals surface area (Å²) in [7, 11) is 0. The van der Waals surface area contributed by atoms with E-state index in [1.807, 2.05) is 42.5 Å². The van der Waals surface area contributed by atoms with E-state index in [-0.39, 0.29) is 18.0 Å². The molecule has 0 aliphatic rings. The highest BCUT2D eigenvalue weighted by atomic mass is 35.5. The van der Waals surface area contributed by atoms with Gasteiger partial charge >= 0.3 is 0 Å². The fraction of sp³-hybridized carbons (Fsp3) is 0.0909. The minimum Gasteiger partial charge on any atom is -0.283 e. The SMILES string of the molecule is O=C(Cc1ccc([N+](=O)[O-])cc1)N(Cc1ccccc1)c1nc2c(Cl)cccc2s1. The van der Waals surface area contributed by atoms with Gasteiger partial charge in [0.25, 0.3) is 5.69 Å². The third-order valence-corrected chi connectivity index (χ3v) is 5.93. The van der Waals surface area contributed by atoms with Crippen LogP contribution in [0, 0.1) is 10.1 Å². The van der Waals surface area contributed by atoms with Crippen molar-refractivity contribution in [1.82, 2.24) is 4.98 Å². The Labute approximate surface area is 181 Å². The van der Waals surface area contributed by atoms with Gasteiger partial charge in [-0.3, -0.25) is 19.8 Å². The zero-order chi connectivity index (χ0) is 21.1. The summed E-state index contributed by atoms with van der Waals surface area (Å²) in [6, 6.07) is 21.2. The fourth-order valence-corrected chi connectivity index (χ4v) is 4.33. The first-order valence-corrected chi connectivity index (χ1v) is 10.3. The van der Waals surface area contributed by atoms with E-state index in [9.17, 15) is 14.9 Å². The zero-order valence-corrected chi connectivity index (χ0v) is 17.3. The fourth-order valence-electron chi connectivity index (χ4n) is 3.05. The van der Waals surface area contributed by atoms with Gasteiger partial charge in [0, 0.05) is 12.1 Å². The smallest absolute Gasteiger partial charge is 0.269 e. The number of carbonyl (C=O) groups is 1. The van der Waals surface area contributed by atoms with Crippen LogP contribution in [-0.4, -0.2) is 15.8 Å². The molecule has 1 amide bonds. The first-order valence-electron chi connectivity index (χ1n) is 9.14. The molecule has 0 aliphatic carbocycles. The molecule has 1 aromatic heterocycles. The molecule has 1 heterocycles. The van der Waals surface area contributed by atoms with E-state index in [4.69, 9.17) is 11.6 Å². The Hall–Kier alpha value is -3.29. The lowest BCUT2D eigenvalue weighted by Gasteiger charge is -2.20. The van der Waals surface area contributed by atoms with Gasteiger partial charge < -0.3 is 0 Å². The molecule has 8 heteroatoms. The number of benzene rings is 3. The van der Waals surface area contributed by atoms with E-state index in [2.05, 4.69) is 4.98 Å². The van der Waals surface area contributed by atoms with E-state index in [1.54, 1.807) is 23.1 Å². The van der Waals surface area contributed by atoms with Crippen LogP contribution < -0.4 is 4.90 Å². The second-order valence-corrected chi connectivity index (χ2v) is 8.07. The standard InChI is InChI=1S/C22H16ClN3O3S/c23-18-7-4-8-19-21(18)24-22(30-19)25(14-16-5-2-1-3-6-16)20(27)13-15-9-11-17(12-10-15)26(28)29/h1-12H,13-14H2. The van der Waals surface area contributed by atoms with Crippen molar-refractivity contribution in [2.75, 3.05) is 4.90 Å². The highest BCUT2D eigenvalue weighted by molar-refractivity contribution is 7.22. The maximum Gasteiger partial charge on any atom is 0.269 e. The summed E-state index contributed by atoms with van der Waals surface area (Å²) >= 11 is 7.67. The minimum absolute atomic E-state index is 0.00634. The molecule has 3 aromatic carbocycles. The Morgan fingerprint density at radius 1 is 1.00 bits per heavy atom. The van der Waals surface area contributed by atoms with Gasteiger partial charge in [-0.2, -0.15) is 0 Å². The average molecular weight is 438 g/mol. The number of nitro benzene ring substituents is 1. The number of aromatic nitrogens is 1. The van der Waals surface area contributed by atoms with Crippen LogP contribution in [0.1, 0.15) is 11.1 Å². The summed E-state index contributed by atoms with van der Waals surface area (Å²) in [6.07, 6.45) is 0.106. The van der Waals surface area contributed by atoms with Gasteiger partial charge in [0.1, 0.15) is 5.52 Å². The molecule has 150 valence electrons. The number of fused-ring (bicyclic) bond motifs is 1. The number of nitro groups is 1. The summed E-state index contributed by atoms with van der Waals surface area (Å²) in [5.74, 6) is -0.150. The first-order chi connectivity index (χ1) is 14.5. The van der Waals surface area contributed by atoms with Gasteiger partial charge in [-0.25, -0.2) is 4.98 Å². The molecule has 0 atom stereocenters. The Morgan fingerprint density at radius 2 is 1.73 bits per heavy atom. The molecule has 0 fully saturated rings. The predicted molar refractivity (Wildman–Crippen MR) is 119 cm³/mol. The topological polar surface area (TPSA) is 76.3 Å². The van der Waals surface area contributed by atoms with E-state index in [0.717, 1.165) is 10.3 Å². The van der Waals surface area contributed by atoms with Crippen molar-refractivity contribution in [2.24, 2.45) is 0 Å². The summed E-state index contributed by atoms with van der Waals surface area (Å²) < 4.78 is 0.902. The lowest BCUT2D eigenvalue weighted by Crippen LogP contribution is -2.31. The quantitative estimate of drug-likeness (QED) is 0.289. The number of amides is 1.